The van der Waals surface area contributed by atoms with Gasteiger partial charge in [0.05, 0.1) is 4.88 Å². The summed E-state index contributed by atoms with van der Waals surface area (Å²) < 4.78 is 0. The van der Waals surface area contributed by atoms with Crippen LogP contribution in [0.25, 0.3) is 5.57 Å². The summed E-state index contributed by atoms with van der Waals surface area (Å²) in [7, 11) is 0. The van der Waals surface area contributed by atoms with Crippen molar-refractivity contribution in [1.29, 1.82) is 0 Å². The molecule has 5 heteroatoms. The summed E-state index contributed by atoms with van der Waals surface area (Å²) in [6.07, 6.45) is 2.40. The number of rotatable bonds is 9. The van der Waals surface area contributed by atoms with Crippen molar-refractivity contribution in [1.82, 2.24) is 4.98 Å². The topological polar surface area (TPSA) is 63.0 Å². The van der Waals surface area contributed by atoms with Gasteiger partial charge in [-0.2, -0.15) is 0 Å². The molecule has 1 heterocycles. The summed E-state index contributed by atoms with van der Waals surface area (Å²) in [5.74, 6) is 1.25. The first-order valence-electron chi connectivity index (χ1n) is 10.5. The van der Waals surface area contributed by atoms with Gasteiger partial charge in [-0.15, -0.1) is 0 Å². The Balaban J connectivity index is 1.72. The van der Waals surface area contributed by atoms with Crippen LogP contribution in [0.3, 0.4) is 0 Å². The van der Waals surface area contributed by atoms with E-state index in [0.717, 1.165) is 45.0 Å². The number of nitrogens with one attached hydrogen (secondary N) is 2. The lowest BCUT2D eigenvalue weighted by molar-refractivity contribution is 0.567. The number of nitrogens with zero attached hydrogens (tertiary/aromatic N) is 1. The minimum Gasteiger partial charge on any atom is -0.385 e. The van der Waals surface area contributed by atoms with Crippen LogP contribution in [-0.2, 0) is 0 Å². The molecule has 0 spiro atoms. The van der Waals surface area contributed by atoms with Crippen molar-refractivity contribution in [3.63, 3.8) is 0 Å². The third kappa shape index (κ3) is 5.42. The third-order valence-electron chi connectivity index (χ3n) is 5.11. The fourth-order valence-corrected chi connectivity index (χ4v) is 4.46. The number of aryl methyl sites for hydroxylation is 2. The third-order valence-corrected chi connectivity index (χ3v) is 6.16. The second-order valence-corrected chi connectivity index (χ2v) is 9.15. The van der Waals surface area contributed by atoms with Gasteiger partial charge in [0.1, 0.15) is 5.82 Å². The van der Waals surface area contributed by atoms with E-state index in [-0.39, 0.29) is 0 Å². The molecule has 0 aliphatic heterocycles. The molecule has 3 rings (SSSR count). The van der Waals surface area contributed by atoms with Gasteiger partial charge in [-0.3, -0.25) is 0 Å². The molecular weight excluding hydrogens is 388 g/mol. The van der Waals surface area contributed by atoms with E-state index in [4.69, 9.17) is 5.73 Å². The number of hydrogen-bond acceptors (Lipinski definition) is 5. The predicted molar refractivity (Wildman–Crippen MR) is 133 cm³/mol. The molecule has 30 heavy (non-hydrogen) atoms. The first kappa shape index (κ1) is 21.9. The van der Waals surface area contributed by atoms with E-state index < -0.39 is 0 Å². The van der Waals surface area contributed by atoms with Gasteiger partial charge in [-0.25, -0.2) is 4.98 Å². The smallest absolute Gasteiger partial charge is 0.189 e. The summed E-state index contributed by atoms with van der Waals surface area (Å²) >= 11 is 1.54. The Morgan fingerprint density at radius 1 is 1.10 bits per heavy atom. The van der Waals surface area contributed by atoms with E-state index in [1.54, 1.807) is 0 Å². The lowest BCUT2D eigenvalue weighted by Crippen LogP contribution is -2.03. The maximum absolute atomic E-state index is 6.25. The highest BCUT2D eigenvalue weighted by molar-refractivity contribution is 7.17. The molecule has 4 nitrogen and oxygen atoms in total. The van der Waals surface area contributed by atoms with Crippen molar-refractivity contribution in [3.8, 4) is 0 Å². The Morgan fingerprint density at radius 2 is 1.77 bits per heavy atom. The van der Waals surface area contributed by atoms with E-state index >= 15 is 0 Å². The number of aromatic nitrogens is 1. The summed E-state index contributed by atoms with van der Waals surface area (Å²) in [6.45, 7) is 14.0. The standard InChI is InChI=1S/C25H32N4S/c1-16(2)9-8-14-27-20-12-7-13-21(15-20)28-25-29-24(26)23(30-25)19(5)22-17(3)10-6-11-18(22)4/h6-7,10-13,15-16,27H,5,8-9,14,26H2,1-4H3,(H,28,29). The fourth-order valence-electron chi connectivity index (χ4n) is 3.58. The van der Waals surface area contributed by atoms with Crippen molar-refractivity contribution < 1.29 is 0 Å². The van der Waals surface area contributed by atoms with Crippen molar-refractivity contribution in [2.75, 3.05) is 22.9 Å². The van der Waals surface area contributed by atoms with Crippen LogP contribution in [0.2, 0.25) is 0 Å². The molecule has 0 amide bonds. The van der Waals surface area contributed by atoms with Gasteiger partial charge in [-0.1, -0.05) is 56.0 Å². The van der Waals surface area contributed by atoms with Gasteiger partial charge >= 0.3 is 0 Å². The van der Waals surface area contributed by atoms with Gasteiger partial charge in [0.25, 0.3) is 0 Å². The maximum atomic E-state index is 6.25. The molecule has 0 aliphatic rings. The molecule has 0 aliphatic carbocycles. The monoisotopic (exact) mass is 420 g/mol. The number of nitrogen functional groups attached to an aromatic ring is 1. The molecule has 158 valence electrons. The number of anilines is 4. The Labute approximate surface area is 184 Å². The van der Waals surface area contributed by atoms with Crippen LogP contribution in [0.4, 0.5) is 22.3 Å². The second-order valence-electron chi connectivity index (χ2n) is 8.15. The zero-order chi connectivity index (χ0) is 21.7. The number of hydrogen-bond donors (Lipinski definition) is 3. The normalized spacial score (nSPS) is 11.0. The van der Waals surface area contributed by atoms with Crippen molar-refractivity contribution >= 4 is 39.2 Å². The van der Waals surface area contributed by atoms with Crippen molar-refractivity contribution in [3.05, 3.63) is 70.6 Å². The van der Waals surface area contributed by atoms with E-state index in [9.17, 15) is 0 Å². The Bertz CT molecular complexity index is 999. The molecule has 0 saturated carbocycles. The van der Waals surface area contributed by atoms with E-state index in [1.165, 1.54) is 35.3 Å². The number of thiazole rings is 1. The molecule has 0 radical (unpaired) electrons. The van der Waals surface area contributed by atoms with Gasteiger partial charge in [0.2, 0.25) is 0 Å². The molecule has 0 bridgehead atoms. The predicted octanol–water partition coefficient (Wildman–Crippen LogP) is 7.00. The minimum atomic E-state index is 0.512. The lowest BCUT2D eigenvalue weighted by atomic mass is 9.96. The largest absolute Gasteiger partial charge is 0.385 e. The molecule has 0 saturated heterocycles. The highest BCUT2D eigenvalue weighted by atomic mass is 32.1. The lowest BCUT2D eigenvalue weighted by Gasteiger charge is -2.11. The Morgan fingerprint density at radius 3 is 2.47 bits per heavy atom. The zero-order valence-corrected chi connectivity index (χ0v) is 19.2. The van der Waals surface area contributed by atoms with E-state index in [0.29, 0.717) is 5.82 Å². The highest BCUT2D eigenvalue weighted by Crippen LogP contribution is 2.37. The van der Waals surface area contributed by atoms with E-state index in [2.05, 4.69) is 80.2 Å². The minimum absolute atomic E-state index is 0.512. The van der Waals surface area contributed by atoms with Crippen LogP contribution >= 0.6 is 11.3 Å². The summed E-state index contributed by atoms with van der Waals surface area (Å²) in [4.78, 5) is 5.45. The van der Waals surface area contributed by atoms with Gasteiger partial charge < -0.3 is 16.4 Å². The molecular formula is C25H32N4S. The van der Waals surface area contributed by atoms with Crippen LogP contribution in [0.1, 0.15) is 48.3 Å². The molecule has 0 fully saturated rings. The molecule has 0 atom stereocenters. The first-order valence-corrected chi connectivity index (χ1v) is 11.3. The second kappa shape index (κ2) is 9.81. The van der Waals surface area contributed by atoms with Gasteiger partial charge in [0, 0.05) is 17.9 Å². The van der Waals surface area contributed by atoms with Crippen LogP contribution in [-0.4, -0.2) is 11.5 Å². The molecule has 3 aromatic rings. The number of benzene rings is 2. The fraction of sp³-hybridized carbons (Fsp3) is 0.320. The van der Waals surface area contributed by atoms with Gasteiger partial charge in [-0.05, 0) is 73.1 Å². The van der Waals surface area contributed by atoms with Crippen molar-refractivity contribution in [2.24, 2.45) is 5.92 Å². The average Bonchev–Trinajstić information content (AvgIpc) is 3.05. The Hall–Kier alpha value is -2.79. The van der Waals surface area contributed by atoms with Crippen LogP contribution in [0, 0.1) is 19.8 Å². The quantitative estimate of drug-likeness (QED) is 0.326. The molecule has 1 aromatic heterocycles. The van der Waals surface area contributed by atoms with Crippen LogP contribution in [0.15, 0.2) is 49.0 Å². The molecule has 4 N–H and O–H groups in total. The summed E-state index contributed by atoms with van der Waals surface area (Å²) in [6, 6.07) is 14.5. The van der Waals surface area contributed by atoms with Crippen molar-refractivity contribution in [2.45, 2.75) is 40.5 Å². The van der Waals surface area contributed by atoms with Crippen LogP contribution < -0.4 is 16.4 Å². The number of nitrogens with two attached hydrogens (primary N) is 1. The molecule has 0 unspecified atom stereocenters. The Kier molecular flexibility index (Phi) is 7.16. The average molecular weight is 421 g/mol. The summed E-state index contributed by atoms with van der Waals surface area (Å²) in [5, 5.41) is 7.67. The van der Waals surface area contributed by atoms with Gasteiger partial charge in [0.15, 0.2) is 5.13 Å². The maximum Gasteiger partial charge on any atom is 0.189 e. The SMILES string of the molecule is C=C(c1sc(Nc2cccc(NCCCC(C)C)c2)nc1N)c1c(C)cccc1C. The zero-order valence-electron chi connectivity index (χ0n) is 18.4. The van der Waals surface area contributed by atoms with Crippen LogP contribution in [0.5, 0.6) is 0 Å². The molecule has 2 aromatic carbocycles. The van der Waals surface area contributed by atoms with E-state index in [1.807, 2.05) is 12.1 Å². The summed E-state index contributed by atoms with van der Waals surface area (Å²) in [5.41, 5.74) is 12.8. The first-order chi connectivity index (χ1) is 14.3. The highest BCUT2D eigenvalue weighted by Gasteiger charge is 2.16.